The van der Waals surface area contributed by atoms with Gasteiger partial charge in [0.1, 0.15) is 11.5 Å². The van der Waals surface area contributed by atoms with E-state index in [1.165, 1.54) is 0 Å². The fraction of sp³-hybridized carbons (Fsp3) is 0.562. The summed E-state index contributed by atoms with van der Waals surface area (Å²) >= 11 is 0. The van der Waals surface area contributed by atoms with Gasteiger partial charge < -0.3 is 25.4 Å². The standard InChI is InChI=1S/C16H25N3O3/c1-16(2,3)13-12(6-5-11(17)14(13)21-4)22-15(20)19-9-7-18-8-10-19/h5-6,18H,7-10,17H2,1-4H3. The lowest BCUT2D eigenvalue weighted by Crippen LogP contribution is -2.47. The Bertz CT molecular complexity index is 546. The number of nitrogens with two attached hydrogens (primary N) is 1. The van der Waals surface area contributed by atoms with Crippen molar-refractivity contribution in [2.75, 3.05) is 39.0 Å². The number of carbonyl (C=O) groups is 1. The molecule has 1 fully saturated rings. The molecular weight excluding hydrogens is 282 g/mol. The van der Waals surface area contributed by atoms with Gasteiger partial charge in [-0.25, -0.2) is 4.79 Å². The van der Waals surface area contributed by atoms with E-state index in [-0.39, 0.29) is 11.5 Å². The lowest BCUT2D eigenvalue weighted by atomic mass is 9.85. The van der Waals surface area contributed by atoms with Crippen LogP contribution in [-0.2, 0) is 5.41 Å². The highest BCUT2D eigenvalue weighted by molar-refractivity contribution is 5.73. The van der Waals surface area contributed by atoms with Crippen LogP contribution in [0.4, 0.5) is 10.5 Å². The summed E-state index contributed by atoms with van der Waals surface area (Å²) in [5.41, 5.74) is 7.06. The second-order valence-corrected chi connectivity index (χ2v) is 6.42. The Kier molecular flexibility index (Phi) is 4.81. The number of hydrogen-bond donors (Lipinski definition) is 2. The van der Waals surface area contributed by atoms with Gasteiger partial charge in [0, 0.05) is 31.7 Å². The number of hydrogen-bond acceptors (Lipinski definition) is 5. The monoisotopic (exact) mass is 307 g/mol. The predicted octanol–water partition coefficient (Wildman–Crippen LogP) is 1.98. The minimum atomic E-state index is -0.334. The van der Waals surface area contributed by atoms with Crippen molar-refractivity contribution in [1.82, 2.24) is 10.2 Å². The predicted molar refractivity (Wildman–Crippen MR) is 86.6 cm³/mol. The molecule has 122 valence electrons. The maximum atomic E-state index is 12.3. The van der Waals surface area contributed by atoms with Gasteiger partial charge in [0.15, 0.2) is 0 Å². The van der Waals surface area contributed by atoms with Crippen LogP contribution in [0.25, 0.3) is 0 Å². The third kappa shape index (κ3) is 3.44. The summed E-state index contributed by atoms with van der Waals surface area (Å²) in [5, 5.41) is 3.21. The first-order valence-electron chi connectivity index (χ1n) is 7.49. The number of rotatable bonds is 2. The normalized spacial score (nSPS) is 15.5. The van der Waals surface area contributed by atoms with E-state index in [1.54, 1.807) is 24.1 Å². The minimum Gasteiger partial charge on any atom is -0.494 e. The van der Waals surface area contributed by atoms with E-state index in [2.05, 4.69) is 5.32 Å². The van der Waals surface area contributed by atoms with Crippen molar-refractivity contribution < 1.29 is 14.3 Å². The maximum absolute atomic E-state index is 12.3. The first kappa shape index (κ1) is 16.4. The molecule has 0 saturated carbocycles. The van der Waals surface area contributed by atoms with Crippen molar-refractivity contribution in [3.05, 3.63) is 17.7 Å². The molecule has 0 atom stereocenters. The quantitative estimate of drug-likeness (QED) is 0.817. The molecule has 1 amide bonds. The molecule has 1 aliphatic heterocycles. The van der Waals surface area contributed by atoms with Crippen LogP contribution in [0.5, 0.6) is 11.5 Å². The fourth-order valence-corrected chi connectivity index (χ4v) is 2.60. The van der Waals surface area contributed by atoms with Crippen LogP contribution in [0.1, 0.15) is 26.3 Å². The van der Waals surface area contributed by atoms with Crippen molar-refractivity contribution in [1.29, 1.82) is 0 Å². The Labute approximate surface area is 131 Å². The van der Waals surface area contributed by atoms with E-state index in [0.717, 1.165) is 18.7 Å². The van der Waals surface area contributed by atoms with E-state index in [1.807, 2.05) is 20.8 Å². The van der Waals surface area contributed by atoms with Gasteiger partial charge in [-0.15, -0.1) is 0 Å². The molecule has 0 bridgehead atoms. The molecule has 0 unspecified atom stereocenters. The molecule has 1 aromatic rings. The van der Waals surface area contributed by atoms with Gasteiger partial charge in [-0.1, -0.05) is 20.8 Å². The lowest BCUT2D eigenvalue weighted by Gasteiger charge is -2.29. The molecule has 6 heteroatoms. The van der Waals surface area contributed by atoms with Crippen LogP contribution in [0, 0.1) is 0 Å². The second-order valence-electron chi connectivity index (χ2n) is 6.42. The van der Waals surface area contributed by atoms with Crippen molar-refractivity contribution in [2.45, 2.75) is 26.2 Å². The molecule has 6 nitrogen and oxygen atoms in total. The number of benzene rings is 1. The molecule has 1 heterocycles. The smallest absolute Gasteiger partial charge is 0.415 e. The van der Waals surface area contributed by atoms with Crippen LogP contribution in [-0.4, -0.2) is 44.3 Å². The van der Waals surface area contributed by atoms with Gasteiger partial charge in [0.25, 0.3) is 0 Å². The Morgan fingerprint density at radius 1 is 1.27 bits per heavy atom. The number of anilines is 1. The van der Waals surface area contributed by atoms with Gasteiger partial charge in [-0.3, -0.25) is 0 Å². The Hall–Kier alpha value is -1.95. The number of carbonyl (C=O) groups excluding carboxylic acids is 1. The Morgan fingerprint density at radius 3 is 2.45 bits per heavy atom. The molecule has 3 N–H and O–H groups in total. The van der Waals surface area contributed by atoms with E-state index in [0.29, 0.717) is 30.3 Å². The van der Waals surface area contributed by atoms with Gasteiger partial charge >= 0.3 is 6.09 Å². The molecule has 1 aromatic carbocycles. The number of nitrogens with one attached hydrogen (secondary N) is 1. The molecule has 0 aliphatic carbocycles. The summed E-state index contributed by atoms with van der Waals surface area (Å²) in [4.78, 5) is 14.0. The summed E-state index contributed by atoms with van der Waals surface area (Å²) in [6, 6.07) is 3.44. The zero-order valence-electron chi connectivity index (χ0n) is 13.7. The van der Waals surface area contributed by atoms with E-state index >= 15 is 0 Å². The van der Waals surface area contributed by atoms with Gasteiger partial charge in [-0.2, -0.15) is 0 Å². The summed E-state index contributed by atoms with van der Waals surface area (Å²) in [7, 11) is 1.57. The molecule has 0 aromatic heterocycles. The number of ether oxygens (including phenoxy) is 2. The minimum absolute atomic E-state index is 0.264. The summed E-state index contributed by atoms with van der Waals surface area (Å²) < 4.78 is 11.1. The molecule has 2 rings (SSSR count). The third-order valence-corrected chi connectivity index (χ3v) is 3.68. The highest BCUT2D eigenvalue weighted by Crippen LogP contribution is 2.42. The fourth-order valence-electron chi connectivity index (χ4n) is 2.60. The van der Waals surface area contributed by atoms with Crippen LogP contribution >= 0.6 is 0 Å². The van der Waals surface area contributed by atoms with Crippen LogP contribution in [0.15, 0.2) is 12.1 Å². The van der Waals surface area contributed by atoms with Gasteiger partial charge in [-0.05, 0) is 17.5 Å². The number of amides is 1. The van der Waals surface area contributed by atoms with Crippen LogP contribution in [0.2, 0.25) is 0 Å². The molecule has 0 radical (unpaired) electrons. The zero-order valence-corrected chi connectivity index (χ0v) is 13.7. The Balaban J connectivity index is 2.32. The Morgan fingerprint density at radius 2 is 1.91 bits per heavy atom. The average molecular weight is 307 g/mol. The van der Waals surface area contributed by atoms with Crippen LogP contribution in [0.3, 0.4) is 0 Å². The topological polar surface area (TPSA) is 76.8 Å². The first-order valence-corrected chi connectivity index (χ1v) is 7.49. The highest BCUT2D eigenvalue weighted by Gasteiger charge is 2.28. The number of piperazine rings is 1. The van der Waals surface area contributed by atoms with Gasteiger partial charge in [0.05, 0.1) is 12.8 Å². The molecule has 22 heavy (non-hydrogen) atoms. The van der Waals surface area contributed by atoms with Crippen LogP contribution < -0.4 is 20.5 Å². The number of nitrogens with zero attached hydrogens (tertiary/aromatic N) is 1. The van der Waals surface area contributed by atoms with E-state index < -0.39 is 0 Å². The van der Waals surface area contributed by atoms with Crippen molar-refractivity contribution in [3.63, 3.8) is 0 Å². The zero-order chi connectivity index (χ0) is 16.3. The van der Waals surface area contributed by atoms with Gasteiger partial charge in [0.2, 0.25) is 0 Å². The molecule has 1 aliphatic rings. The summed E-state index contributed by atoms with van der Waals surface area (Å²) in [6.07, 6.45) is -0.334. The van der Waals surface area contributed by atoms with Crippen molar-refractivity contribution >= 4 is 11.8 Å². The first-order chi connectivity index (χ1) is 10.3. The summed E-state index contributed by atoms with van der Waals surface area (Å²) in [5.74, 6) is 1.07. The third-order valence-electron chi connectivity index (χ3n) is 3.68. The molecular formula is C16H25N3O3. The van der Waals surface area contributed by atoms with E-state index in [9.17, 15) is 4.79 Å². The van der Waals surface area contributed by atoms with Crippen molar-refractivity contribution in [3.8, 4) is 11.5 Å². The number of nitrogen functional groups attached to an aromatic ring is 1. The molecule has 0 spiro atoms. The lowest BCUT2D eigenvalue weighted by molar-refractivity contribution is 0.145. The summed E-state index contributed by atoms with van der Waals surface area (Å²) in [6.45, 7) is 8.97. The van der Waals surface area contributed by atoms with Crippen molar-refractivity contribution in [2.24, 2.45) is 0 Å². The largest absolute Gasteiger partial charge is 0.494 e. The SMILES string of the molecule is COc1c(N)ccc(OC(=O)N2CCNCC2)c1C(C)(C)C. The maximum Gasteiger partial charge on any atom is 0.415 e. The van der Waals surface area contributed by atoms with E-state index in [4.69, 9.17) is 15.2 Å². The number of methoxy groups -OCH3 is 1. The second kappa shape index (κ2) is 6.44. The average Bonchev–Trinajstić information content (AvgIpc) is 2.48. The molecule has 1 saturated heterocycles. The highest BCUT2D eigenvalue weighted by atomic mass is 16.6.